The van der Waals surface area contributed by atoms with E-state index in [2.05, 4.69) is 33.4 Å². The van der Waals surface area contributed by atoms with Crippen molar-refractivity contribution < 1.29 is 29.3 Å². The molecular weight excluding hydrogens is 516 g/mol. The highest BCUT2D eigenvalue weighted by Gasteiger charge is 2.50. The Hall–Kier alpha value is -3.69. The average Bonchev–Trinajstić information content (AvgIpc) is 3.13. The van der Waals surface area contributed by atoms with E-state index in [1.165, 1.54) is 11.0 Å². The third kappa shape index (κ3) is 4.28. The molecule has 0 saturated carbocycles. The number of ether oxygens (including phenoxy) is 1. The van der Waals surface area contributed by atoms with Gasteiger partial charge >= 0.3 is 12.1 Å². The number of carboxylic acids is 1. The number of carbonyl (C=O) groups is 3. The number of halogens is 1. The van der Waals surface area contributed by atoms with Crippen molar-refractivity contribution in [1.29, 1.82) is 0 Å². The molecule has 2 aliphatic rings. The van der Waals surface area contributed by atoms with Crippen molar-refractivity contribution in [3.63, 3.8) is 0 Å². The van der Waals surface area contributed by atoms with Gasteiger partial charge in [0.2, 0.25) is 0 Å². The zero-order chi connectivity index (χ0) is 24.7. The van der Waals surface area contributed by atoms with Crippen LogP contribution in [0.4, 0.5) is 10.5 Å². The largest absolute Gasteiger partial charge is 0.479 e. The van der Waals surface area contributed by atoms with Crippen LogP contribution < -0.4 is 5.32 Å². The van der Waals surface area contributed by atoms with E-state index >= 15 is 0 Å². The number of aliphatic hydroxyl groups is 1. The first-order chi connectivity index (χ1) is 16.7. The summed E-state index contributed by atoms with van der Waals surface area (Å²) in [5, 5.41) is 21.6. The lowest BCUT2D eigenvalue weighted by Gasteiger charge is -2.43. The lowest BCUT2D eigenvalue weighted by Crippen LogP contribution is -2.67. The highest BCUT2D eigenvalue weighted by Crippen LogP contribution is 2.44. The number of nitrogens with one attached hydrogen (secondary N) is 1. The number of benzene rings is 3. The van der Waals surface area contributed by atoms with Crippen molar-refractivity contribution >= 4 is 39.6 Å². The minimum Gasteiger partial charge on any atom is -0.479 e. The van der Waals surface area contributed by atoms with Gasteiger partial charge in [-0.05, 0) is 40.5 Å². The summed E-state index contributed by atoms with van der Waals surface area (Å²) in [4.78, 5) is 37.6. The van der Waals surface area contributed by atoms with Gasteiger partial charge in [-0.2, -0.15) is 0 Å². The lowest BCUT2D eigenvalue weighted by atomic mass is 9.93. The first kappa shape index (κ1) is 23.1. The molecule has 2 amide bonds. The minimum absolute atomic E-state index is 0.0767. The molecule has 0 bridgehead atoms. The number of fused-ring (bicyclic) bond motifs is 3. The fourth-order valence-electron chi connectivity index (χ4n) is 4.58. The summed E-state index contributed by atoms with van der Waals surface area (Å²) in [5.74, 6) is -1.89. The number of rotatable bonds is 5. The van der Waals surface area contributed by atoms with E-state index in [-0.39, 0.29) is 31.2 Å². The molecule has 1 heterocycles. The van der Waals surface area contributed by atoms with Gasteiger partial charge in [0.25, 0.3) is 5.91 Å². The van der Waals surface area contributed by atoms with Crippen LogP contribution >= 0.6 is 15.9 Å². The zero-order valence-corrected chi connectivity index (χ0v) is 20.0. The molecule has 3 N–H and O–H groups in total. The second-order valence-corrected chi connectivity index (χ2v) is 9.59. The van der Waals surface area contributed by atoms with E-state index in [1.807, 2.05) is 36.4 Å². The second kappa shape index (κ2) is 8.83. The van der Waals surface area contributed by atoms with Crippen molar-refractivity contribution in [1.82, 2.24) is 4.90 Å². The summed E-state index contributed by atoms with van der Waals surface area (Å²) in [7, 11) is 0. The zero-order valence-electron chi connectivity index (χ0n) is 18.4. The predicted octanol–water partition coefficient (Wildman–Crippen LogP) is 4.08. The van der Waals surface area contributed by atoms with Crippen molar-refractivity contribution in [2.45, 2.75) is 11.5 Å². The van der Waals surface area contributed by atoms with E-state index in [0.717, 1.165) is 22.3 Å². The number of anilines is 1. The number of likely N-dealkylation sites (tertiary alicyclic amines) is 1. The number of carboxylic acid groups (broad SMARTS) is 1. The standard InChI is InChI=1S/C26H21BrN2O6/c27-16-9-15(23(30)29-13-26(34,14-29)24(31)32)10-17(11-16)28-25(33)35-12-22-20-7-3-1-5-18(20)19-6-2-4-8-21(19)22/h1-11,22,34H,12-14H2,(H,28,33)(H,31,32). The molecule has 8 nitrogen and oxygen atoms in total. The third-order valence-electron chi connectivity index (χ3n) is 6.32. The molecule has 1 saturated heterocycles. The number of hydrogen-bond acceptors (Lipinski definition) is 5. The molecular formula is C26H21BrN2O6. The van der Waals surface area contributed by atoms with Gasteiger partial charge in [0, 0.05) is 21.6 Å². The van der Waals surface area contributed by atoms with Crippen molar-refractivity contribution in [2.75, 3.05) is 25.0 Å². The van der Waals surface area contributed by atoms with Crippen LogP contribution in [-0.2, 0) is 9.53 Å². The molecule has 9 heteroatoms. The predicted molar refractivity (Wildman–Crippen MR) is 131 cm³/mol. The Morgan fingerprint density at radius 3 is 2.20 bits per heavy atom. The van der Waals surface area contributed by atoms with Gasteiger partial charge in [0.05, 0.1) is 13.1 Å². The monoisotopic (exact) mass is 536 g/mol. The Balaban J connectivity index is 1.25. The maximum atomic E-state index is 12.7. The van der Waals surface area contributed by atoms with Gasteiger partial charge in [-0.25, -0.2) is 9.59 Å². The van der Waals surface area contributed by atoms with E-state index in [0.29, 0.717) is 10.2 Å². The highest BCUT2D eigenvalue weighted by molar-refractivity contribution is 9.10. The molecule has 3 aromatic rings. The minimum atomic E-state index is -1.93. The van der Waals surface area contributed by atoms with Crippen LogP contribution in [0, 0.1) is 0 Å². The van der Waals surface area contributed by atoms with Crippen molar-refractivity contribution in [3.8, 4) is 11.1 Å². The first-order valence-corrected chi connectivity index (χ1v) is 11.7. The van der Waals surface area contributed by atoms with Crippen LogP contribution in [0.15, 0.2) is 71.2 Å². The van der Waals surface area contributed by atoms with E-state index in [1.54, 1.807) is 12.1 Å². The van der Waals surface area contributed by atoms with Gasteiger partial charge in [0.1, 0.15) is 6.61 Å². The quantitative estimate of drug-likeness (QED) is 0.452. The molecule has 0 atom stereocenters. The molecule has 1 aliphatic carbocycles. The van der Waals surface area contributed by atoms with E-state index in [4.69, 9.17) is 9.84 Å². The Labute approximate surface area is 209 Å². The summed E-state index contributed by atoms with van der Waals surface area (Å²) in [6, 6.07) is 20.8. The number of nitrogens with zero attached hydrogens (tertiary/aromatic N) is 1. The van der Waals surface area contributed by atoms with Crippen LogP contribution in [0.1, 0.15) is 27.4 Å². The molecule has 1 fully saturated rings. The van der Waals surface area contributed by atoms with Crippen molar-refractivity contribution in [2.24, 2.45) is 0 Å². The topological polar surface area (TPSA) is 116 Å². The molecule has 0 radical (unpaired) electrons. The van der Waals surface area contributed by atoms with Crippen molar-refractivity contribution in [3.05, 3.63) is 87.9 Å². The molecule has 3 aromatic carbocycles. The number of amides is 2. The molecule has 0 aromatic heterocycles. The van der Waals surface area contributed by atoms with E-state index < -0.39 is 23.6 Å². The summed E-state index contributed by atoms with van der Waals surface area (Å²) in [6.07, 6.45) is -0.660. The summed E-state index contributed by atoms with van der Waals surface area (Å²) < 4.78 is 6.11. The van der Waals surface area contributed by atoms with Gasteiger partial charge in [0.15, 0.2) is 5.60 Å². The molecule has 5 rings (SSSR count). The Morgan fingerprint density at radius 1 is 1.00 bits per heavy atom. The molecule has 1 aliphatic heterocycles. The SMILES string of the molecule is O=C(Nc1cc(Br)cc(C(=O)N2CC(O)(C(=O)O)C2)c1)OCC1c2ccccc2-c2ccccc21. The lowest BCUT2D eigenvalue weighted by molar-refractivity contribution is -0.173. The number of hydrogen-bond donors (Lipinski definition) is 3. The molecule has 0 unspecified atom stereocenters. The fourth-order valence-corrected chi connectivity index (χ4v) is 5.08. The smallest absolute Gasteiger partial charge is 0.411 e. The van der Waals surface area contributed by atoms with Crippen LogP contribution in [0.3, 0.4) is 0 Å². The Kier molecular flexibility index (Phi) is 5.82. The number of β-amino-alcohol motifs (C(OH)–C–C–N with tert-alkyl or cyclic N) is 1. The van der Waals surface area contributed by atoms with Crippen LogP contribution in [-0.4, -0.2) is 58.4 Å². The first-order valence-electron chi connectivity index (χ1n) is 10.9. The molecule has 35 heavy (non-hydrogen) atoms. The maximum absolute atomic E-state index is 12.7. The van der Waals surface area contributed by atoms with Crippen LogP contribution in [0.25, 0.3) is 11.1 Å². The second-order valence-electron chi connectivity index (χ2n) is 8.68. The third-order valence-corrected chi connectivity index (χ3v) is 6.78. The molecule has 0 spiro atoms. The van der Waals surface area contributed by atoms with Crippen LogP contribution in [0.5, 0.6) is 0 Å². The normalized spacial score (nSPS) is 15.5. The number of carbonyl (C=O) groups excluding carboxylic acids is 2. The van der Waals surface area contributed by atoms with Gasteiger partial charge < -0.3 is 19.8 Å². The van der Waals surface area contributed by atoms with Gasteiger partial charge in [-0.1, -0.05) is 64.5 Å². The molecule has 178 valence electrons. The summed E-state index contributed by atoms with van der Waals surface area (Å²) in [6.45, 7) is -0.452. The van der Waals surface area contributed by atoms with Gasteiger partial charge in [-0.3, -0.25) is 10.1 Å². The average molecular weight is 537 g/mol. The summed E-state index contributed by atoms with van der Waals surface area (Å²) in [5.41, 5.74) is 3.13. The van der Waals surface area contributed by atoms with Gasteiger partial charge in [-0.15, -0.1) is 0 Å². The fraction of sp³-hybridized carbons (Fsp3) is 0.192. The highest BCUT2D eigenvalue weighted by atomic mass is 79.9. The van der Waals surface area contributed by atoms with E-state index in [9.17, 15) is 19.5 Å². The van der Waals surface area contributed by atoms with Crippen LogP contribution in [0.2, 0.25) is 0 Å². The summed E-state index contributed by atoms with van der Waals surface area (Å²) >= 11 is 3.33. The Bertz CT molecular complexity index is 1310. The maximum Gasteiger partial charge on any atom is 0.411 e. The number of aliphatic carboxylic acids is 1. The Morgan fingerprint density at radius 2 is 1.60 bits per heavy atom.